The number of hydrogen-bond donors (Lipinski definition) is 1. The lowest BCUT2D eigenvalue weighted by Crippen LogP contribution is -2.65. The average molecular weight is 212 g/mol. The molecule has 2 rings (SSSR count). The van der Waals surface area contributed by atoms with Crippen molar-refractivity contribution in [1.82, 2.24) is 10.2 Å². The van der Waals surface area contributed by atoms with Gasteiger partial charge in [0.2, 0.25) is 5.91 Å². The van der Waals surface area contributed by atoms with Gasteiger partial charge in [-0.25, -0.2) is 0 Å². The summed E-state index contributed by atoms with van der Waals surface area (Å²) in [7, 11) is 1.89. The standard InChI is InChI=1S/C11H20N2O2/c1-7(2)10-11-8(12-4-5-15-11)6-9(14)13(10)3/h7-8,10-12H,4-6H2,1-3H3. The number of fused-ring (bicyclic) bond motifs is 1. The third kappa shape index (κ3) is 1.88. The molecule has 3 unspecified atom stereocenters. The molecule has 0 aromatic carbocycles. The molecule has 2 saturated heterocycles. The quantitative estimate of drug-likeness (QED) is 0.676. The molecule has 1 amide bonds. The van der Waals surface area contributed by atoms with E-state index >= 15 is 0 Å². The first-order valence-corrected chi connectivity index (χ1v) is 5.72. The molecule has 4 nitrogen and oxygen atoms in total. The van der Waals surface area contributed by atoms with Crippen molar-refractivity contribution in [2.45, 2.75) is 38.5 Å². The van der Waals surface area contributed by atoms with Crippen molar-refractivity contribution in [2.75, 3.05) is 20.2 Å². The molecule has 0 saturated carbocycles. The van der Waals surface area contributed by atoms with Crippen molar-refractivity contribution < 1.29 is 9.53 Å². The van der Waals surface area contributed by atoms with Gasteiger partial charge in [-0.2, -0.15) is 0 Å². The number of amides is 1. The summed E-state index contributed by atoms with van der Waals surface area (Å²) < 4.78 is 5.82. The molecule has 0 aliphatic carbocycles. The van der Waals surface area contributed by atoms with E-state index in [1.807, 2.05) is 11.9 Å². The highest BCUT2D eigenvalue weighted by atomic mass is 16.5. The van der Waals surface area contributed by atoms with E-state index < -0.39 is 0 Å². The number of carbonyl (C=O) groups is 1. The van der Waals surface area contributed by atoms with Crippen molar-refractivity contribution in [3.63, 3.8) is 0 Å². The lowest BCUT2D eigenvalue weighted by molar-refractivity contribution is -0.151. The average Bonchev–Trinajstić information content (AvgIpc) is 2.19. The number of carbonyl (C=O) groups excluding carboxylic acids is 1. The number of ether oxygens (including phenoxy) is 1. The summed E-state index contributed by atoms with van der Waals surface area (Å²) in [6, 6.07) is 0.430. The lowest BCUT2D eigenvalue weighted by Gasteiger charge is -2.47. The van der Waals surface area contributed by atoms with Crippen LogP contribution in [-0.4, -0.2) is 49.2 Å². The van der Waals surface area contributed by atoms with E-state index in [0.717, 1.165) is 13.2 Å². The minimum absolute atomic E-state index is 0.168. The Kier molecular flexibility index (Phi) is 2.98. The highest BCUT2D eigenvalue weighted by Crippen LogP contribution is 2.27. The maximum absolute atomic E-state index is 11.8. The number of rotatable bonds is 1. The number of nitrogens with zero attached hydrogens (tertiary/aromatic N) is 1. The van der Waals surface area contributed by atoms with Gasteiger partial charge in [-0.05, 0) is 5.92 Å². The van der Waals surface area contributed by atoms with Crippen molar-refractivity contribution in [2.24, 2.45) is 5.92 Å². The summed E-state index contributed by atoms with van der Waals surface area (Å²) in [6.45, 7) is 5.92. The summed E-state index contributed by atoms with van der Waals surface area (Å²) >= 11 is 0. The molecule has 0 spiro atoms. The van der Waals surface area contributed by atoms with Crippen molar-refractivity contribution in [1.29, 1.82) is 0 Å². The maximum atomic E-state index is 11.8. The van der Waals surface area contributed by atoms with Gasteiger partial charge in [0, 0.05) is 26.1 Å². The number of nitrogens with one attached hydrogen (secondary N) is 1. The van der Waals surface area contributed by atoms with E-state index in [-0.39, 0.29) is 24.1 Å². The van der Waals surface area contributed by atoms with Gasteiger partial charge in [0.05, 0.1) is 18.8 Å². The van der Waals surface area contributed by atoms with Crippen molar-refractivity contribution in [3.05, 3.63) is 0 Å². The Balaban J connectivity index is 2.19. The van der Waals surface area contributed by atoms with E-state index in [2.05, 4.69) is 19.2 Å². The second-order valence-corrected chi connectivity index (χ2v) is 4.84. The second kappa shape index (κ2) is 4.10. The molecule has 1 N–H and O–H groups in total. The molecule has 15 heavy (non-hydrogen) atoms. The molecule has 0 aromatic heterocycles. The van der Waals surface area contributed by atoms with E-state index in [1.165, 1.54) is 0 Å². The molecule has 2 aliphatic rings. The third-order valence-corrected chi connectivity index (χ3v) is 3.47. The van der Waals surface area contributed by atoms with E-state index in [9.17, 15) is 4.79 Å². The highest BCUT2D eigenvalue weighted by molar-refractivity contribution is 5.78. The first-order chi connectivity index (χ1) is 7.11. The van der Waals surface area contributed by atoms with E-state index in [0.29, 0.717) is 12.3 Å². The molecule has 2 heterocycles. The van der Waals surface area contributed by atoms with Gasteiger partial charge in [-0.1, -0.05) is 13.8 Å². The van der Waals surface area contributed by atoms with Crippen molar-refractivity contribution in [3.8, 4) is 0 Å². The fraction of sp³-hybridized carbons (Fsp3) is 0.909. The lowest BCUT2D eigenvalue weighted by atomic mass is 9.86. The number of likely N-dealkylation sites (tertiary alicyclic amines) is 1. The molecule has 0 radical (unpaired) electrons. The van der Waals surface area contributed by atoms with E-state index in [4.69, 9.17) is 4.74 Å². The van der Waals surface area contributed by atoms with Crippen LogP contribution >= 0.6 is 0 Å². The van der Waals surface area contributed by atoms with Gasteiger partial charge < -0.3 is 15.0 Å². The number of piperidine rings is 1. The smallest absolute Gasteiger partial charge is 0.224 e. The number of morpholine rings is 1. The van der Waals surface area contributed by atoms with Crippen LogP contribution in [0.3, 0.4) is 0 Å². The van der Waals surface area contributed by atoms with Crippen LogP contribution in [0.2, 0.25) is 0 Å². The minimum Gasteiger partial charge on any atom is -0.373 e. The van der Waals surface area contributed by atoms with Crippen LogP contribution in [0.5, 0.6) is 0 Å². The first kappa shape index (κ1) is 10.9. The van der Waals surface area contributed by atoms with Crippen LogP contribution < -0.4 is 5.32 Å². The summed E-state index contributed by atoms with van der Waals surface area (Å²) in [5.74, 6) is 0.666. The Morgan fingerprint density at radius 1 is 1.53 bits per heavy atom. The van der Waals surface area contributed by atoms with Crippen LogP contribution in [0.4, 0.5) is 0 Å². The summed E-state index contributed by atoms with van der Waals surface area (Å²) in [4.78, 5) is 13.7. The first-order valence-electron chi connectivity index (χ1n) is 5.72. The third-order valence-electron chi connectivity index (χ3n) is 3.47. The van der Waals surface area contributed by atoms with Crippen LogP contribution in [0.15, 0.2) is 0 Å². The molecule has 3 atom stereocenters. The van der Waals surface area contributed by atoms with E-state index in [1.54, 1.807) is 0 Å². The Labute approximate surface area is 91.0 Å². The molecule has 86 valence electrons. The van der Waals surface area contributed by atoms with Crippen LogP contribution in [-0.2, 0) is 9.53 Å². The van der Waals surface area contributed by atoms with Gasteiger partial charge in [0.25, 0.3) is 0 Å². The molecule has 2 aliphatic heterocycles. The Morgan fingerprint density at radius 3 is 2.93 bits per heavy atom. The minimum atomic E-state index is 0.168. The van der Waals surface area contributed by atoms with Gasteiger partial charge >= 0.3 is 0 Å². The Bertz CT molecular complexity index is 255. The number of hydrogen-bond acceptors (Lipinski definition) is 3. The van der Waals surface area contributed by atoms with Gasteiger partial charge in [-0.15, -0.1) is 0 Å². The van der Waals surface area contributed by atoms with Gasteiger partial charge in [0.1, 0.15) is 0 Å². The zero-order chi connectivity index (χ0) is 11.0. The summed E-state index contributed by atoms with van der Waals surface area (Å²) in [5.41, 5.74) is 0. The predicted octanol–water partition coefficient (Wildman–Crippen LogP) is 0.230. The zero-order valence-corrected chi connectivity index (χ0v) is 9.69. The van der Waals surface area contributed by atoms with Gasteiger partial charge in [0.15, 0.2) is 0 Å². The predicted molar refractivity (Wildman–Crippen MR) is 57.5 cm³/mol. The molecular weight excluding hydrogens is 192 g/mol. The van der Waals surface area contributed by atoms with Gasteiger partial charge in [-0.3, -0.25) is 4.79 Å². The number of likely N-dealkylation sites (N-methyl/N-ethyl adjacent to an activating group) is 1. The Morgan fingerprint density at radius 2 is 2.27 bits per heavy atom. The monoisotopic (exact) mass is 212 g/mol. The SMILES string of the molecule is CC(C)C1C2OCCNC2CC(=O)N1C. The van der Waals surface area contributed by atoms with Crippen molar-refractivity contribution >= 4 is 5.91 Å². The molecule has 0 aromatic rings. The van der Waals surface area contributed by atoms with Crippen LogP contribution in [0, 0.1) is 5.92 Å². The second-order valence-electron chi connectivity index (χ2n) is 4.84. The maximum Gasteiger partial charge on any atom is 0.224 e. The summed E-state index contributed by atoms with van der Waals surface area (Å²) in [6.07, 6.45) is 0.742. The molecule has 4 heteroatoms. The largest absolute Gasteiger partial charge is 0.373 e. The van der Waals surface area contributed by atoms with Crippen LogP contribution in [0.25, 0.3) is 0 Å². The topological polar surface area (TPSA) is 41.6 Å². The molecular formula is C11H20N2O2. The summed E-state index contributed by atoms with van der Waals surface area (Å²) in [5, 5.41) is 3.38. The highest BCUT2D eigenvalue weighted by Gasteiger charge is 2.43. The van der Waals surface area contributed by atoms with Crippen LogP contribution in [0.1, 0.15) is 20.3 Å². The fourth-order valence-corrected chi connectivity index (χ4v) is 2.74. The fourth-order valence-electron chi connectivity index (χ4n) is 2.74. The normalized spacial score (nSPS) is 36.9. The molecule has 0 bridgehead atoms. The zero-order valence-electron chi connectivity index (χ0n) is 9.69. The molecule has 2 fully saturated rings. The Hall–Kier alpha value is -0.610.